The molecule has 0 unspecified atom stereocenters. The monoisotopic (exact) mass is 525 g/mol. The summed E-state index contributed by atoms with van der Waals surface area (Å²) in [5.41, 5.74) is 1.10. The molecule has 0 aromatic heterocycles. The summed E-state index contributed by atoms with van der Waals surface area (Å²) in [5, 5.41) is 2.72. The molecule has 8 nitrogen and oxygen atoms in total. The van der Waals surface area contributed by atoms with Crippen LogP contribution in [0.15, 0.2) is 53.0 Å². The molecule has 0 aliphatic carbocycles. The number of hydrogen-bond acceptors (Lipinski definition) is 5. The van der Waals surface area contributed by atoms with E-state index in [1.807, 2.05) is 6.07 Å². The summed E-state index contributed by atoms with van der Waals surface area (Å²) in [7, 11) is -2.22. The van der Waals surface area contributed by atoms with Crippen molar-refractivity contribution in [2.24, 2.45) is 0 Å². The third-order valence-electron chi connectivity index (χ3n) is 4.78. The molecule has 10 heteroatoms. The number of methoxy groups -OCH3 is 1. The van der Waals surface area contributed by atoms with Crippen LogP contribution < -0.4 is 14.4 Å². The Morgan fingerprint density at radius 1 is 1.16 bits per heavy atom. The molecule has 2 aromatic carbocycles. The lowest BCUT2D eigenvalue weighted by atomic mass is 10.1. The van der Waals surface area contributed by atoms with Gasteiger partial charge in [-0.1, -0.05) is 34.1 Å². The molecule has 0 aliphatic rings. The number of benzene rings is 2. The second-order valence-corrected chi connectivity index (χ2v) is 10.0. The lowest BCUT2D eigenvalue weighted by Crippen LogP contribution is -2.51. The first-order chi connectivity index (χ1) is 15.1. The molecule has 0 saturated carbocycles. The fourth-order valence-corrected chi connectivity index (χ4v) is 4.35. The number of hydrogen-bond donors (Lipinski definition) is 1. The van der Waals surface area contributed by atoms with Crippen molar-refractivity contribution >= 4 is 43.5 Å². The van der Waals surface area contributed by atoms with Crippen molar-refractivity contribution in [1.29, 1.82) is 0 Å². The third kappa shape index (κ3) is 6.96. The number of halogens is 1. The number of sulfonamides is 1. The van der Waals surface area contributed by atoms with Gasteiger partial charge in [0, 0.05) is 17.6 Å². The number of nitrogens with zero attached hydrogens (tertiary/aromatic N) is 2. The minimum atomic E-state index is -3.76. The predicted octanol–water partition coefficient (Wildman–Crippen LogP) is 2.78. The van der Waals surface area contributed by atoms with E-state index in [2.05, 4.69) is 21.2 Å². The molecular weight excluding hydrogens is 498 g/mol. The first-order valence-electron chi connectivity index (χ1n) is 10.00. The molecule has 174 valence electrons. The van der Waals surface area contributed by atoms with Crippen LogP contribution in [0.4, 0.5) is 5.69 Å². The van der Waals surface area contributed by atoms with E-state index in [1.54, 1.807) is 63.4 Å². The Hall–Kier alpha value is -2.59. The topological polar surface area (TPSA) is 96.0 Å². The number of ether oxygens (including phenoxy) is 1. The molecule has 0 fully saturated rings. The quantitative estimate of drug-likeness (QED) is 0.514. The summed E-state index contributed by atoms with van der Waals surface area (Å²) in [4.78, 5) is 27.3. The van der Waals surface area contributed by atoms with Crippen LogP contribution in [0.1, 0.15) is 19.4 Å². The smallest absolute Gasteiger partial charge is 0.244 e. The van der Waals surface area contributed by atoms with E-state index in [4.69, 9.17) is 4.74 Å². The Balaban J connectivity index is 2.39. The standard InChI is InChI=1S/C22H28BrN3O5S/c1-5-24-22(28)16(2)25(14-17-8-6-11-20(12-17)31-3)21(27)15-26(32(4,29)30)19-10-7-9-18(23)13-19/h6-13,16H,5,14-15H2,1-4H3,(H,24,28)/t16-/m0/s1. The number of anilines is 1. The molecule has 0 radical (unpaired) electrons. The minimum Gasteiger partial charge on any atom is -0.497 e. The maximum absolute atomic E-state index is 13.4. The fraction of sp³-hybridized carbons (Fsp3) is 0.364. The molecule has 0 saturated heterocycles. The van der Waals surface area contributed by atoms with Gasteiger partial charge in [0.05, 0.1) is 19.1 Å². The van der Waals surface area contributed by atoms with Crippen molar-refractivity contribution in [3.8, 4) is 5.75 Å². The van der Waals surface area contributed by atoms with Gasteiger partial charge in [-0.3, -0.25) is 13.9 Å². The average molecular weight is 526 g/mol. The van der Waals surface area contributed by atoms with E-state index in [0.717, 1.165) is 16.1 Å². The van der Waals surface area contributed by atoms with Crippen molar-refractivity contribution in [1.82, 2.24) is 10.2 Å². The number of amides is 2. The van der Waals surface area contributed by atoms with Crippen LogP contribution >= 0.6 is 15.9 Å². The summed E-state index contributed by atoms with van der Waals surface area (Å²) in [6.45, 7) is 3.50. The second kappa shape index (κ2) is 11.3. The minimum absolute atomic E-state index is 0.115. The Labute approximate surface area is 197 Å². The van der Waals surface area contributed by atoms with Crippen molar-refractivity contribution < 1.29 is 22.7 Å². The highest BCUT2D eigenvalue weighted by molar-refractivity contribution is 9.10. The summed E-state index contributed by atoms with van der Waals surface area (Å²) < 4.78 is 31.9. The SMILES string of the molecule is CCNC(=O)[C@H](C)N(Cc1cccc(OC)c1)C(=O)CN(c1cccc(Br)c1)S(C)(=O)=O. The van der Waals surface area contributed by atoms with Crippen LogP contribution in [-0.2, 0) is 26.2 Å². The summed E-state index contributed by atoms with van der Waals surface area (Å²) in [6.07, 6.45) is 1.04. The first-order valence-corrected chi connectivity index (χ1v) is 12.6. The largest absolute Gasteiger partial charge is 0.497 e. The molecule has 0 aliphatic heterocycles. The van der Waals surface area contributed by atoms with E-state index < -0.39 is 28.5 Å². The second-order valence-electron chi connectivity index (χ2n) is 7.19. The molecule has 0 bridgehead atoms. The van der Waals surface area contributed by atoms with Gasteiger partial charge < -0.3 is 15.0 Å². The molecular formula is C22H28BrN3O5S. The first kappa shape index (κ1) is 25.7. The highest BCUT2D eigenvalue weighted by Crippen LogP contribution is 2.23. The van der Waals surface area contributed by atoms with Crippen molar-refractivity contribution in [2.45, 2.75) is 26.4 Å². The van der Waals surface area contributed by atoms with Gasteiger partial charge in [-0.25, -0.2) is 8.42 Å². The lowest BCUT2D eigenvalue weighted by Gasteiger charge is -2.31. The number of rotatable bonds is 10. The van der Waals surface area contributed by atoms with E-state index in [0.29, 0.717) is 22.5 Å². The zero-order chi connectivity index (χ0) is 23.9. The normalized spacial score (nSPS) is 12.0. The van der Waals surface area contributed by atoms with E-state index in [1.165, 1.54) is 4.90 Å². The molecule has 1 atom stereocenters. The van der Waals surface area contributed by atoms with Crippen molar-refractivity contribution in [3.63, 3.8) is 0 Å². The Morgan fingerprint density at radius 2 is 1.84 bits per heavy atom. The maximum atomic E-state index is 13.4. The van der Waals surface area contributed by atoms with Gasteiger partial charge in [0.15, 0.2) is 0 Å². The Kier molecular flexibility index (Phi) is 9.09. The number of carbonyl (C=O) groups excluding carboxylic acids is 2. The van der Waals surface area contributed by atoms with Gasteiger partial charge in [-0.2, -0.15) is 0 Å². The molecule has 2 rings (SSSR count). The van der Waals surface area contributed by atoms with Gasteiger partial charge in [-0.05, 0) is 49.7 Å². The van der Waals surface area contributed by atoms with Crippen LogP contribution in [0.3, 0.4) is 0 Å². The highest BCUT2D eigenvalue weighted by Gasteiger charge is 2.30. The van der Waals surface area contributed by atoms with Gasteiger partial charge in [0.1, 0.15) is 18.3 Å². The molecule has 32 heavy (non-hydrogen) atoms. The third-order valence-corrected chi connectivity index (χ3v) is 6.41. The van der Waals surface area contributed by atoms with Crippen LogP contribution in [0.25, 0.3) is 0 Å². The summed E-state index contributed by atoms with van der Waals surface area (Å²) in [6, 6.07) is 13.0. The zero-order valence-electron chi connectivity index (χ0n) is 18.5. The van der Waals surface area contributed by atoms with Crippen LogP contribution in [0.2, 0.25) is 0 Å². The van der Waals surface area contributed by atoms with Crippen molar-refractivity contribution in [3.05, 3.63) is 58.6 Å². The fourth-order valence-electron chi connectivity index (χ4n) is 3.12. The van der Waals surface area contributed by atoms with E-state index in [-0.39, 0.29) is 12.5 Å². The number of carbonyl (C=O) groups is 2. The maximum Gasteiger partial charge on any atom is 0.244 e. The van der Waals surface area contributed by atoms with Gasteiger partial charge in [0.2, 0.25) is 21.8 Å². The molecule has 1 N–H and O–H groups in total. The van der Waals surface area contributed by atoms with Crippen molar-refractivity contribution in [2.75, 3.05) is 30.8 Å². The van der Waals surface area contributed by atoms with Crippen LogP contribution in [0.5, 0.6) is 5.75 Å². The molecule has 2 amide bonds. The number of nitrogens with one attached hydrogen (secondary N) is 1. The molecule has 2 aromatic rings. The van der Waals surface area contributed by atoms with Crippen LogP contribution in [-0.4, -0.2) is 57.6 Å². The van der Waals surface area contributed by atoms with E-state index in [9.17, 15) is 18.0 Å². The zero-order valence-corrected chi connectivity index (χ0v) is 20.9. The lowest BCUT2D eigenvalue weighted by molar-refractivity contribution is -0.139. The number of likely N-dealkylation sites (N-methyl/N-ethyl adjacent to an activating group) is 1. The highest BCUT2D eigenvalue weighted by atomic mass is 79.9. The van der Waals surface area contributed by atoms with E-state index >= 15 is 0 Å². The summed E-state index contributed by atoms with van der Waals surface area (Å²) in [5.74, 6) is -0.207. The average Bonchev–Trinajstić information content (AvgIpc) is 2.74. The van der Waals surface area contributed by atoms with Gasteiger partial charge >= 0.3 is 0 Å². The van der Waals surface area contributed by atoms with Gasteiger partial charge in [0.25, 0.3) is 0 Å². The molecule has 0 spiro atoms. The van der Waals surface area contributed by atoms with Crippen LogP contribution in [0, 0.1) is 0 Å². The Bertz CT molecular complexity index is 1060. The molecule has 0 heterocycles. The predicted molar refractivity (Wildman–Crippen MR) is 128 cm³/mol. The summed E-state index contributed by atoms with van der Waals surface area (Å²) >= 11 is 3.33. The van der Waals surface area contributed by atoms with Gasteiger partial charge in [-0.15, -0.1) is 0 Å². The Morgan fingerprint density at radius 3 is 2.44 bits per heavy atom.